The average Bonchev–Trinajstić information content (AvgIpc) is 2.26. The van der Waals surface area contributed by atoms with Gasteiger partial charge < -0.3 is 4.65 Å². The van der Waals surface area contributed by atoms with E-state index in [0.717, 1.165) is 0 Å². The van der Waals surface area contributed by atoms with E-state index in [1.807, 2.05) is 0 Å². The van der Waals surface area contributed by atoms with E-state index in [1.54, 1.807) is 0 Å². The third-order valence-corrected chi connectivity index (χ3v) is 8.90. The molecule has 0 saturated carbocycles. The highest BCUT2D eigenvalue weighted by Crippen LogP contribution is 2.12. The summed E-state index contributed by atoms with van der Waals surface area (Å²) >= 11 is 0. The van der Waals surface area contributed by atoms with Gasteiger partial charge in [-0.3, -0.25) is 0 Å². The molecule has 0 atom stereocenters. The molecule has 0 rings (SSSR count). The van der Waals surface area contributed by atoms with Crippen LogP contribution >= 0.6 is 0 Å². The summed E-state index contributed by atoms with van der Waals surface area (Å²) < 4.78 is 15.3. The monoisotopic (exact) mass is 357 g/mol. The second-order valence-corrected chi connectivity index (χ2v) is 18.0. The lowest BCUT2D eigenvalue weighted by Crippen LogP contribution is -2.55. The van der Waals surface area contributed by atoms with E-state index in [4.69, 9.17) is 22.1 Å². The standard InChI is InChI=1S/C6H19NSi2.N12Si/c1-8(2,3)7-9(4,5)6;1-5-9-13(10-6-2,11-7-3)12-8-4/h7H,1-6H3;. The van der Waals surface area contributed by atoms with Gasteiger partial charge >= 0.3 is 8.72 Å². The second-order valence-electron chi connectivity index (χ2n) is 5.98. The maximum atomic E-state index is 8.02. The first-order valence-electron chi connectivity index (χ1n) is 5.99. The molecule has 0 unspecified atom stereocenters. The van der Waals surface area contributed by atoms with E-state index < -0.39 is 25.2 Å². The van der Waals surface area contributed by atoms with Gasteiger partial charge in [0.2, 0.25) is 0 Å². The van der Waals surface area contributed by atoms with Crippen molar-refractivity contribution in [3.05, 3.63) is 41.8 Å². The molecule has 0 aliphatic rings. The predicted molar refractivity (Wildman–Crippen MR) is 92.2 cm³/mol. The SMILES string of the molecule is C[Si](C)(C)N[Si](C)(C)C.[N-]=[N+]=N[Si](N=[N+]=[N-])(N=[N+]=[N-])N=[N+]=[N-]. The van der Waals surface area contributed by atoms with E-state index in [1.165, 1.54) is 0 Å². The van der Waals surface area contributed by atoms with Crippen molar-refractivity contribution in [3.8, 4) is 0 Å². The van der Waals surface area contributed by atoms with Gasteiger partial charge in [0.1, 0.15) is 16.5 Å². The first-order valence-corrected chi connectivity index (χ1v) is 14.8. The van der Waals surface area contributed by atoms with Crippen molar-refractivity contribution in [2.24, 2.45) is 19.1 Å². The molecule has 0 radical (unpaired) electrons. The molecule has 0 aliphatic carbocycles. The molecule has 0 heterocycles. The fraction of sp³-hybridized carbons (Fsp3) is 1.00. The van der Waals surface area contributed by atoms with Crippen molar-refractivity contribution >= 4 is 25.2 Å². The van der Waals surface area contributed by atoms with Crippen LogP contribution in [-0.4, -0.2) is 25.2 Å². The Bertz CT molecular complexity index is 458. The molecule has 120 valence electrons. The van der Waals surface area contributed by atoms with Crippen LogP contribution in [-0.2, 0) is 0 Å². The summed E-state index contributed by atoms with van der Waals surface area (Å²) in [5, 5.41) is 0. The summed E-state index contributed by atoms with van der Waals surface area (Å²) in [5.74, 6) is 0. The van der Waals surface area contributed by atoms with Crippen LogP contribution in [0, 0.1) is 0 Å². The normalized spacial score (nSPS) is 12.6. The number of hydrogen-bond acceptors (Lipinski definition) is 5. The maximum Gasteiger partial charge on any atom is 0.441 e. The molecular weight excluding hydrogens is 338 g/mol. The lowest BCUT2D eigenvalue weighted by atomic mass is 11.8. The van der Waals surface area contributed by atoms with Crippen molar-refractivity contribution in [1.82, 2.24) is 4.65 Å². The Balaban J connectivity index is 0. The fourth-order valence-electron chi connectivity index (χ4n) is 1.49. The number of nitrogens with one attached hydrogen (secondary N) is 1. The Kier molecular flexibility index (Phi) is 9.79. The van der Waals surface area contributed by atoms with Crippen LogP contribution in [0.4, 0.5) is 0 Å². The number of hydrogen-bond donors (Lipinski definition) is 1. The zero-order valence-corrected chi connectivity index (χ0v) is 16.4. The largest absolute Gasteiger partial charge is 0.441 e. The zero-order valence-electron chi connectivity index (χ0n) is 13.4. The molecule has 16 heteroatoms. The van der Waals surface area contributed by atoms with Gasteiger partial charge in [0.15, 0.2) is 0 Å². The molecule has 0 aromatic carbocycles. The first kappa shape index (κ1) is 22.1. The maximum absolute atomic E-state index is 8.02. The molecule has 0 bridgehead atoms. The minimum atomic E-state index is -3.96. The Hall–Kier alpha value is -2.15. The van der Waals surface area contributed by atoms with Crippen molar-refractivity contribution in [2.45, 2.75) is 39.3 Å². The molecule has 0 spiro atoms. The summed E-state index contributed by atoms with van der Waals surface area (Å²) in [6, 6.07) is 0. The van der Waals surface area contributed by atoms with Crippen molar-refractivity contribution in [1.29, 1.82) is 0 Å². The summed E-state index contributed by atoms with van der Waals surface area (Å²) in [7, 11) is -5.92. The molecule has 0 amide bonds. The predicted octanol–water partition coefficient (Wildman–Crippen LogP) is 4.91. The molecule has 0 aromatic heterocycles. The van der Waals surface area contributed by atoms with E-state index in [-0.39, 0.29) is 0 Å². The molecular formula is C6H19N13Si3. The van der Waals surface area contributed by atoms with Crippen LogP contribution in [0.3, 0.4) is 0 Å². The van der Waals surface area contributed by atoms with E-state index in [2.05, 4.69) is 82.7 Å². The van der Waals surface area contributed by atoms with Gasteiger partial charge in [-0.05, 0) is 41.8 Å². The summed E-state index contributed by atoms with van der Waals surface area (Å²) in [6.07, 6.45) is 0. The lowest BCUT2D eigenvalue weighted by Gasteiger charge is -2.28. The number of nitrogens with zero attached hydrogens (tertiary/aromatic N) is 12. The van der Waals surface area contributed by atoms with Crippen LogP contribution in [0.25, 0.3) is 41.8 Å². The van der Waals surface area contributed by atoms with Crippen LogP contribution < -0.4 is 4.65 Å². The topological polar surface area (TPSA) is 207 Å². The Labute approximate surface area is 130 Å². The smallest absolute Gasteiger partial charge is 0.360 e. The van der Waals surface area contributed by atoms with Crippen molar-refractivity contribution < 1.29 is 0 Å². The Morgan fingerprint density at radius 3 is 0.909 bits per heavy atom. The Morgan fingerprint density at radius 2 is 0.818 bits per heavy atom. The second kappa shape index (κ2) is 9.73. The van der Waals surface area contributed by atoms with Crippen LogP contribution in [0.5, 0.6) is 0 Å². The van der Waals surface area contributed by atoms with Gasteiger partial charge in [0, 0.05) is 0 Å². The lowest BCUT2D eigenvalue weighted by molar-refractivity contribution is 1.27. The van der Waals surface area contributed by atoms with Crippen LogP contribution in [0.1, 0.15) is 0 Å². The third-order valence-electron chi connectivity index (χ3n) is 1.47. The average molecular weight is 358 g/mol. The molecule has 0 saturated heterocycles. The van der Waals surface area contributed by atoms with E-state index in [0.29, 0.717) is 0 Å². The Morgan fingerprint density at radius 1 is 0.591 bits per heavy atom. The summed E-state index contributed by atoms with van der Waals surface area (Å²) in [4.78, 5) is 9.02. The zero-order chi connectivity index (χ0) is 17.9. The van der Waals surface area contributed by atoms with Crippen molar-refractivity contribution in [2.75, 3.05) is 0 Å². The molecule has 13 nitrogen and oxygen atoms in total. The van der Waals surface area contributed by atoms with Gasteiger partial charge in [0.25, 0.3) is 0 Å². The van der Waals surface area contributed by atoms with Gasteiger partial charge in [0.05, 0.1) is 0 Å². The fourth-order valence-corrected chi connectivity index (χ4v) is 11.2. The summed E-state index contributed by atoms with van der Waals surface area (Å²) in [6.45, 7) is 14.1. The van der Waals surface area contributed by atoms with Crippen LogP contribution in [0.15, 0.2) is 19.1 Å². The van der Waals surface area contributed by atoms with Gasteiger partial charge in [-0.2, -0.15) is 0 Å². The minimum absolute atomic E-state index is 0.981. The van der Waals surface area contributed by atoms with Gasteiger partial charge in [-0.15, -0.1) is 19.1 Å². The minimum Gasteiger partial charge on any atom is -0.360 e. The molecule has 0 aromatic rings. The molecule has 22 heavy (non-hydrogen) atoms. The highest BCUT2D eigenvalue weighted by Gasteiger charge is 2.30. The molecule has 1 N–H and O–H groups in total. The molecule has 0 aliphatic heterocycles. The number of azide groups is 1. The van der Waals surface area contributed by atoms with E-state index >= 15 is 0 Å². The van der Waals surface area contributed by atoms with Gasteiger partial charge in [-0.1, -0.05) is 39.3 Å². The van der Waals surface area contributed by atoms with Crippen LogP contribution in [0.2, 0.25) is 39.3 Å². The first-order chi connectivity index (χ1) is 9.95. The van der Waals surface area contributed by atoms with E-state index in [9.17, 15) is 0 Å². The number of rotatable bonds is 6. The quantitative estimate of drug-likeness (QED) is 0.298. The highest BCUT2D eigenvalue weighted by atomic mass is 28.4. The van der Waals surface area contributed by atoms with Gasteiger partial charge in [-0.25, -0.2) is 0 Å². The highest BCUT2D eigenvalue weighted by molar-refractivity contribution is 6.90. The molecule has 0 fully saturated rings. The summed E-state index contributed by atoms with van der Waals surface area (Å²) in [5.41, 5.74) is 32.1. The van der Waals surface area contributed by atoms with Crippen molar-refractivity contribution in [3.63, 3.8) is 0 Å². The third kappa shape index (κ3) is 12.9.